The molecule has 1 unspecified atom stereocenters. The molecule has 1 aliphatic heterocycles. The number of carbonyl (C=O) groups is 1. The predicted molar refractivity (Wildman–Crippen MR) is 105 cm³/mol. The van der Waals surface area contributed by atoms with E-state index in [0.717, 1.165) is 30.9 Å². The van der Waals surface area contributed by atoms with Crippen LogP contribution >= 0.6 is 0 Å². The second-order valence-electron chi connectivity index (χ2n) is 6.73. The molecule has 1 N–H and O–H groups in total. The van der Waals surface area contributed by atoms with Gasteiger partial charge in [-0.3, -0.25) is 4.79 Å². The molecular formula is C20H24N2O4S. The zero-order valence-corrected chi connectivity index (χ0v) is 16.3. The Bertz CT molecular complexity index is 893. The van der Waals surface area contributed by atoms with E-state index in [9.17, 15) is 13.2 Å². The minimum atomic E-state index is -3.58. The summed E-state index contributed by atoms with van der Waals surface area (Å²) >= 11 is 0. The van der Waals surface area contributed by atoms with Crippen LogP contribution in [0.25, 0.3) is 0 Å². The first-order chi connectivity index (χ1) is 12.9. The van der Waals surface area contributed by atoms with Crippen molar-refractivity contribution in [2.24, 2.45) is 5.92 Å². The number of hydrogen-bond donors (Lipinski definition) is 1. The number of nitrogens with one attached hydrogen (secondary N) is 1. The average molecular weight is 388 g/mol. The third kappa shape index (κ3) is 4.67. The maximum atomic E-state index is 12.5. The van der Waals surface area contributed by atoms with Gasteiger partial charge in [-0.05, 0) is 55.7 Å². The molecule has 1 heterocycles. The van der Waals surface area contributed by atoms with Crippen LogP contribution < -0.4 is 14.4 Å². The van der Waals surface area contributed by atoms with Gasteiger partial charge in [0.05, 0.1) is 12.0 Å². The van der Waals surface area contributed by atoms with Crippen LogP contribution in [0, 0.1) is 5.92 Å². The van der Waals surface area contributed by atoms with Crippen molar-refractivity contribution in [3.8, 4) is 5.75 Å². The van der Waals surface area contributed by atoms with Crippen LogP contribution in [0.1, 0.15) is 23.7 Å². The lowest BCUT2D eigenvalue weighted by molar-refractivity contribution is 0.101. The Morgan fingerprint density at radius 2 is 1.81 bits per heavy atom. The van der Waals surface area contributed by atoms with Crippen molar-refractivity contribution in [3.63, 3.8) is 0 Å². The molecule has 6 nitrogen and oxygen atoms in total. The van der Waals surface area contributed by atoms with Crippen LogP contribution in [0.3, 0.4) is 0 Å². The molecule has 0 amide bonds. The van der Waals surface area contributed by atoms with Crippen molar-refractivity contribution < 1.29 is 17.9 Å². The molecule has 1 fully saturated rings. The Labute approximate surface area is 160 Å². The van der Waals surface area contributed by atoms with E-state index in [2.05, 4.69) is 9.62 Å². The summed E-state index contributed by atoms with van der Waals surface area (Å²) in [4.78, 5) is 13.7. The minimum Gasteiger partial charge on any atom is -0.497 e. The maximum absolute atomic E-state index is 12.5. The van der Waals surface area contributed by atoms with Gasteiger partial charge in [-0.2, -0.15) is 0 Å². The van der Waals surface area contributed by atoms with Crippen molar-refractivity contribution in [1.82, 2.24) is 4.72 Å². The van der Waals surface area contributed by atoms with Crippen molar-refractivity contribution in [2.75, 3.05) is 31.6 Å². The molecule has 1 saturated heterocycles. The first kappa shape index (κ1) is 19.4. The number of Topliss-reactive ketones (excluding diaryl/α,β-unsaturated/α-hetero) is 1. The monoisotopic (exact) mass is 388 g/mol. The summed E-state index contributed by atoms with van der Waals surface area (Å²) in [6, 6.07) is 13.9. The standard InChI is InChI=1S/C20H24N2O4S/c1-15(23)17-3-9-20(10-4-17)27(24,25)21-13-16-11-12-22(14-16)18-5-7-19(26-2)8-6-18/h3-10,16,21H,11-14H2,1-2H3. The summed E-state index contributed by atoms with van der Waals surface area (Å²) in [7, 11) is -1.94. The Morgan fingerprint density at radius 3 is 2.41 bits per heavy atom. The lowest BCUT2D eigenvalue weighted by Crippen LogP contribution is -2.31. The molecule has 1 aliphatic rings. The molecular weight excluding hydrogens is 364 g/mol. The van der Waals surface area contributed by atoms with Gasteiger partial charge < -0.3 is 9.64 Å². The summed E-state index contributed by atoms with van der Waals surface area (Å²) in [5.74, 6) is 0.980. The molecule has 2 aromatic carbocycles. The molecule has 0 aromatic heterocycles. The van der Waals surface area contributed by atoms with Gasteiger partial charge in [-0.25, -0.2) is 13.1 Å². The van der Waals surface area contributed by atoms with E-state index in [0.29, 0.717) is 12.1 Å². The molecule has 2 aromatic rings. The lowest BCUT2D eigenvalue weighted by Gasteiger charge is -2.19. The molecule has 27 heavy (non-hydrogen) atoms. The van der Waals surface area contributed by atoms with Gasteiger partial charge in [0.25, 0.3) is 0 Å². The summed E-state index contributed by atoms with van der Waals surface area (Å²) in [5.41, 5.74) is 1.61. The Morgan fingerprint density at radius 1 is 1.15 bits per heavy atom. The summed E-state index contributed by atoms with van der Waals surface area (Å²) in [6.45, 7) is 3.55. The number of ketones is 1. The highest BCUT2D eigenvalue weighted by atomic mass is 32.2. The third-order valence-electron chi connectivity index (χ3n) is 4.86. The van der Waals surface area contributed by atoms with Crippen molar-refractivity contribution in [1.29, 1.82) is 0 Å². The van der Waals surface area contributed by atoms with Crippen LogP contribution in [0.15, 0.2) is 53.4 Å². The highest BCUT2D eigenvalue weighted by Crippen LogP contribution is 2.25. The van der Waals surface area contributed by atoms with Gasteiger partial charge in [-0.15, -0.1) is 0 Å². The molecule has 3 rings (SSSR count). The molecule has 0 radical (unpaired) electrons. The van der Waals surface area contributed by atoms with E-state index in [1.807, 2.05) is 24.3 Å². The van der Waals surface area contributed by atoms with E-state index < -0.39 is 10.0 Å². The van der Waals surface area contributed by atoms with E-state index in [-0.39, 0.29) is 16.6 Å². The number of nitrogens with zero attached hydrogens (tertiary/aromatic N) is 1. The van der Waals surface area contributed by atoms with Crippen LogP contribution in [0.5, 0.6) is 5.75 Å². The molecule has 0 aliphatic carbocycles. The number of methoxy groups -OCH3 is 1. The number of hydrogen-bond acceptors (Lipinski definition) is 5. The highest BCUT2D eigenvalue weighted by molar-refractivity contribution is 7.89. The SMILES string of the molecule is COc1ccc(N2CCC(CNS(=O)(=O)c3ccc(C(C)=O)cc3)C2)cc1. The number of rotatable bonds is 7. The van der Waals surface area contributed by atoms with E-state index in [4.69, 9.17) is 4.74 Å². The van der Waals surface area contributed by atoms with Crippen LogP contribution in [-0.2, 0) is 10.0 Å². The molecule has 0 saturated carbocycles. The van der Waals surface area contributed by atoms with Crippen LogP contribution in [-0.4, -0.2) is 40.9 Å². The van der Waals surface area contributed by atoms with Gasteiger partial charge >= 0.3 is 0 Å². The fourth-order valence-corrected chi connectivity index (χ4v) is 4.32. The third-order valence-corrected chi connectivity index (χ3v) is 6.30. The molecule has 7 heteroatoms. The molecule has 1 atom stereocenters. The van der Waals surface area contributed by atoms with Crippen molar-refractivity contribution in [2.45, 2.75) is 18.2 Å². The number of benzene rings is 2. The summed E-state index contributed by atoms with van der Waals surface area (Å²) < 4.78 is 32.8. The maximum Gasteiger partial charge on any atom is 0.240 e. The van der Waals surface area contributed by atoms with Gasteiger partial charge in [0.1, 0.15) is 5.75 Å². The smallest absolute Gasteiger partial charge is 0.240 e. The van der Waals surface area contributed by atoms with Crippen LogP contribution in [0.2, 0.25) is 0 Å². The zero-order valence-electron chi connectivity index (χ0n) is 15.5. The first-order valence-corrected chi connectivity index (χ1v) is 10.4. The molecule has 0 bridgehead atoms. The Balaban J connectivity index is 1.57. The number of anilines is 1. The second-order valence-corrected chi connectivity index (χ2v) is 8.50. The molecule has 0 spiro atoms. The van der Waals surface area contributed by atoms with Crippen molar-refractivity contribution >= 4 is 21.5 Å². The largest absolute Gasteiger partial charge is 0.497 e. The second kappa shape index (κ2) is 8.10. The molecule has 144 valence electrons. The Kier molecular flexibility index (Phi) is 5.82. The first-order valence-electron chi connectivity index (χ1n) is 8.89. The minimum absolute atomic E-state index is 0.0866. The fraction of sp³-hybridized carbons (Fsp3) is 0.350. The fourth-order valence-electron chi connectivity index (χ4n) is 3.21. The predicted octanol–water partition coefficient (Wildman–Crippen LogP) is 2.70. The van der Waals surface area contributed by atoms with Gasteiger partial charge in [0.15, 0.2) is 5.78 Å². The normalized spacial score (nSPS) is 17.1. The number of sulfonamides is 1. The topological polar surface area (TPSA) is 75.7 Å². The van der Waals surface area contributed by atoms with E-state index in [1.54, 1.807) is 7.11 Å². The van der Waals surface area contributed by atoms with Crippen molar-refractivity contribution in [3.05, 3.63) is 54.1 Å². The zero-order chi connectivity index (χ0) is 19.4. The number of carbonyl (C=O) groups excluding carboxylic acids is 1. The summed E-state index contributed by atoms with van der Waals surface area (Å²) in [5, 5.41) is 0. The van der Waals surface area contributed by atoms with Gasteiger partial charge in [-0.1, -0.05) is 12.1 Å². The lowest BCUT2D eigenvalue weighted by atomic mass is 10.1. The van der Waals surface area contributed by atoms with Gasteiger partial charge in [0, 0.05) is 30.9 Å². The van der Waals surface area contributed by atoms with Gasteiger partial charge in [0.2, 0.25) is 10.0 Å². The van der Waals surface area contributed by atoms with Crippen LogP contribution in [0.4, 0.5) is 5.69 Å². The number of ether oxygens (including phenoxy) is 1. The highest BCUT2D eigenvalue weighted by Gasteiger charge is 2.25. The average Bonchev–Trinajstić information content (AvgIpc) is 3.16. The van der Waals surface area contributed by atoms with E-state index in [1.165, 1.54) is 31.2 Å². The quantitative estimate of drug-likeness (QED) is 0.738. The Hall–Kier alpha value is -2.38. The van der Waals surface area contributed by atoms with E-state index >= 15 is 0 Å². The summed E-state index contributed by atoms with van der Waals surface area (Å²) in [6.07, 6.45) is 0.928.